The monoisotopic (exact) mass is 379 g/mol. The van der Waals surface area contributed by atoms with Gasteiger partial charge in [0.2, 0.25) is 0 Å². The van der Waals surface area contributed by atoms with E-state index in [-0.39, 0.29) is 22.0 Å². The third kappa shape index (κ3) is 4.38. The standard InChI is InChI=1S/C18H22ClN3O4/c1-11(16(23)22-18(10-20)6-4-3-5-7-18)26-17(24)12-8-13(19)14(21)9-15(12)25-2/h8-9,11H,3-7,21H2,1-2H3,(H,22,23)/t11-/m1/s1. The van der Waals surface area contributed by atoms with Crippen LogP contribution in [-0.2, 0) is 9.53 Å². The summed E-state index contributed by atoms with van der Waals surface area (Å²) in [7, 11) is 1.38. The van der Waals surface area contributed by atoms with Gasteiger partial charge in [0, 0.05) is 6.07 Å². The largest absolute Gasteiger partial charge is 0.496 e. The number of anilines is 1. The van der Waals surface area contributed by atoms with Crippen LogP contribution in [0.15, 0.2) is 12.1 Å². The Hall–Kier alpha value is -2.46. The third-order valence-electron chi connectivity index (χ3n) is 4.48. The molecule has 0 heterocycles. The number of hydrogen-bond donors (Lipinski definition) is 2. The SMILES string of the molecule is COc1cc(N)c(Cl)cc1C(=O)O[C@H](C)C(=O)NC1(C#N)CCCCC1. The maximum atomic E-state index is 12.4. The van der Waals surface area contributed by atoms with Crippen LogP contribution in [0.3, 0.4) is 0 Å². The van der Waals surface area contributed by atoms with Crippen LogP contribution >= 0.6 is 11.6 Å². The normalized spacial score (nSPS) is 16.8. The summed E-state index contributed by atoms with van der Waals surface area (Å²) in [5, 5.41) is 12.4. The first-order chi connectivity index (χ1) is 12.3. The van der Waals surface area contributed by atoms with Crippen LogP contribution in [-0.4, -0.2) is 30.6 Å². The fraction of sp³-hybridized carbons (Fsp3) is 0.500. The van der Waals surface area contributed by atoms with Gasteiger partial charge in [0.1, 0.15) is 16.9 Å². The first-order valence-electron chi connectivity index (χ1n) is 8.39. The summed E-state index contributed by atoms with van der Waals surface area (Å²) < 4.78 is 10.3. The lowest BCUT2D eigenvalue weighted by Crippen LogP contribution is -2.52. The van der Waals surface area contributed by atoms with E-state index in [0.717, 1.165) is 19.3 Å². The second-order valence-corrected chi connectivity index (χ2v) is 6.77. The quantitative estimate of drug-likeness (QED) is 0.600. The third-order valence-corrected chi connectivity index (χ3v) is 4.80. The van der Waals surface area contributed by atoms with Gasteiger partial charge in [-0.05, 0) is 25.8 Å². The Morgan fingerprint density at radius 2 is 2.00 bits per heavy atom. The summed E-state index contributed by atoms with van der Waals surface area (Å²) in [4.78, 5) is 24.8. The number of nitrogens with one attached hydrogen (secondary N) is 1. The fourth-order valence-corrected chi connectivity index (χ4v) is 3.10. The Morgan fingerprint density at radius 3 is 2.58 bits per heavy atom. The molecule has 8 heteroatoms. The molecule has 26 heavy (non-hydrogen) atoms. The summed E-state index contributed by atoms with van der Waals surface area (Å²) in [6, 6.07) is 4.94. The van der Waals surface area contributed by atoms with E-state index < -0.39 is 23.5 Å². The average molecular weight is 380 g/mol. The van der Waals surface area contributed by atoms with E-state index in [2.05, 4.69) is 11.4 Å². The van der Waals surface area contributed by atoms with E-state index in [0.29, 0.717) is 12.8 Å². The van der Waals surface area contributed by atoms with Crippen molar-refractivity contribution in [1.29, 1.82) is 5.26 Å². The van der Waals surface area contributed by atoms with Gasteiger partial charge in [-0.15, -0.1) is 0 Å². The Labute approximate surface area is 157 Å². The molecule has 1 aliphatic rings. The molecule has 1 fully saturated rings. The molecule has 0 aliphatic heterocycles. The van der Waals surface area contributed by atoms with Crippen LogP contribution in [0.2, 0.25) is 5.02 Å². The number of nitrogens with two attached hydrogens (primary N) is 1. The first kappa shape index (κ1) is 19.9. The highest BCUT2D eigenvalue weighted by atomic mass is 35.5. The van der Waals surface area contributed by atoms with Crippen molar-refractivity contribution in [1.82, 2.24) is 5.32 Å². The highest BCUT2D eigenvalue weighted by Crippen LogP contribution is 2.30. The summed E-state index contributed by atoms with van der Waals surface area (Å²) in [6.45, 7) is 1.45. The number of carbonyl (C=O) groups is 2. The summed E-state index contributed by atoms with van der Waals surface area (Å²) in [6.07, 6.45) is 2.92. The summed E-state index contributed by atoms with van der Waals surface area (Å²) in [5.41, 5.74) is 5.13. The molecule has 0 bridgehead atoms. The van der Waals surface area contributed by atoms with E-state index >= 15 is 0 Å². The van der Waals surface area contributed by atoms with Crippen molar-refractivity contribution < 1.29 is 19.1 Å². The zero-order valence-corrected chi connectivity index (χ0v) is 15.6. The Balaban J connectivity index is 2.08. The predicted molar refractivity (Wildman–Crippen MR) is 96.9 cm³/mol. The molecule has 0 aromatic heterocycles. The van der Waals surface area contributed by atoms with Crippen LogP contribution in [0.25, 0.3) is 0 Å². The van der Waals surface area contributed by atoms with Crippen LogP contribution < -0.4 is 15.8 Å². The second-order valence-electron chi connectivity index (χ2n) is 6.37. The number of nitrogens with zero attached hydrogens (tertiary/aromatic N) is 1. The number of methoxy groups -OCH3 is 1. The van der Waals surface area contributed by atoms with Gasteiger partial charge in [-0.25, -0.2) is 4.79 Å². The fourth-order valence-electron chi connectivity index (χ4n) is 2.93. The molecule has 0 saturated heterocycles. The van der Waals surface area contributed by atoms with E-state index in [4.69, 9.17) is 26.8 Å². The predicted octanol–water partition coefficient (Wildman–Crippen LogP) is 2.82. The summed E-state index contributed by atoms with van der Waals surface area (Å²) >= 11 is 5.95. The number of rotatable bonds is 5. The lowest BCUT2D eigenvalue weighted by atomic mass is 9.83. The lowest BCUT2D eigenvalue weighted by Gasteiger charge is -2.32. The molecule has 0 unspecified atom stereocenters. The van der Waals surface area contributed by atoms with Gasteiger partial charge in [0.25, 0.3) is 5.91 Å². The molecular weight excluding hydrogens is 358 g/mol. The van der Waals surface area contributed by atoms with Crippen molar-refractivity contribution >= 4 is 29.2 Å². The van der Waals surface area contributed by atoms with Crippen LogP contribution in [0.5, 0.6) is 5.75 Å². The topological polar surface area (TPSA) is 114 Å². The molecule has 1 aromatic rings. The van der Waals surface area contributed by atoms with Gasteiger partial charge in [0.15, 0.2) is 6.10 Å². The molecule has 0 radical (unpaired) electrons. The minimum atomic E-state index is -1.07. The van der Waals surface area contributed by atoms with Crippen LogP contribution in [0.4, 0.5) is 5.69 Å². The average Bonchev–Trinajstić information content (AvgIpc) is 2.64. The van der Waals surface area contributed by atoms with Crippen molar-refractivity contribution in [3.05, 3.63) is 22.7 Å². The molecule has 1 atom stereocenters. The van der Waals surface area contributed by atoms with Crippen molar-refractivity contribution in [2.45, 2.75) is 50.7 Å². The zero-order chi connectivity index (χ0) is 19.3. The Morgan fingerprint density at radius 1 is 1.35 bits per heavy atom. The molecule has 2 rings (SSSR count). The Kier molecular flexibility index (Phi) is 6.32. The molecule has 3 N–H and O–H groups in total. The number of nitriles is 1. The summed E-state index contributed by atoms with van der Waals surface area (Å²) in [5.74, 6) is -1.08. The van der Waals surface area contributed by atoms with Gasteiger partial charge < -0.3 is 20.5 Å². The molecule has 1 aromatic carbocycles. The Bertz CT molecular complexity index is 739. The molecule has 140 valence electrons. The molecule has 1 saturated carbocycles. The minimum absolute atomic E-state index is 0.0685. The molecular formula is C18H22ClN3O4. The van der Waals surface area contributed by atoms with E-state index in [9.17, 15) is 14.9 Å². The number of nitrogen functional groups attached to an aromatic ring is 1. The molecule has 1 aliphatic carbocycles. The number of esters is 1. The lowest BCUT2D eigenvalue weighted by molar-refractivity contribution is -0.130. The zero-order valence-electron chi connectivity index (χ0n) is 14.8. The van der Waals surface area contributed by atoms with E-state index in [1.165, 1.54) is 26.2 Å². The molecule has 0 spiro atoms. The highest BCUT2D eigenvalue weighted by molar-refractivity contribution is 6.33. The number of hydrogen-bond acceptors (Lipinski definition) is 6. The maximum absolute atomic E-state index is 12.4. The van der Waals surface area contributed by atoms with Gasteiger partial charge in [0.05, 0.1) is 23.9 Å². The van der Waals surface area contributed by atoms with E-state index in [1.54, 1.807) is 0 Å². The number of halogens is 1. The highest BCUT2D eigenvalue weighted by Gasteiger charge is 2.35. The number of benzene rings is 1. The molecule has 7 nitrogen and oxygen atoms in total. The minimum Gasteiger partial charge on any atom is -0.496 e. The van der Waals surface area contributed by atoms with Gasteiger partial charge >= 0.3 is 5.97 Å². The number of carbonyl (C=O) groups excluding carboxylic acids is 2. The van der Waals surface area contributed by atoms with Crippen LogP contribution in [0.1, 0.15) is 49.4 Å². The van der Waals surface area contributed by atoms with Crippen molar-refractivity contribution in [3.63, 3.8) is 0 Å². The van der Waals surface area contributed by atoms with Gasteiger partial charge in [-0.1, -0.05) is 30.9 Å². The van der Waals surface area contributed by atoms with Crippen molar-refractivity contribution in [3.8, 4) is 11.8 Å². The van der Waals surface area contributed by atoms with Crippen molar-refractivity contribution in [2.75, 3.05) is 12.8 Å². The maximum Gasteiger partial charge on any atom is 0.342 e. The van der Waals surface area contributed by atoms with Crippen molar-refractivity contribution in [2.24, 2.45) is 0 Å². The smallest absolute Gasteiger partial charge is 0.342 e. The van der Waals surface area contributed by atoms with Gasteiger partial charge in [-0.3, -0.25) is 4.79 Å². The first-order valence-corrected chi connectivity index (χ1v) is 8.77. The van der Waals surface area contributed by atoms with E-state index in [1.807, 2.05) is 0 Å². The number of amides is 1. The molecule has 1 amide bonds. The van der Waals surface area contributed by atoms with Crippen LogP contribution in [0, 0.1) is 11.3 Å². The second kappa shape index (κ2) is 8.28. The number of ether oxygens (including phenoxy) is 2. The van der Waals surface area contributed by atoms with Gasteiger partial charge in [-0.2, -0.15) is 5.26 Å².